The number of nitrogens with one attached hydrogen (secondary N) is 1. The van der Waals surface area contributed by atoms with Crippen molar-refractivity contribution in [3.05, 3.63) is 12.7 Å². The highest BCUT2D eigenvalue weighted by molar-refractivity contribution is 5.79. The van der Waals surface area contributed by atoms with E-state index in [1.807, 2.05) is 25.7 Å². The molecular formula is C15H27N3O3. The summed E-state index contributed by atoms with van der Waals surface area (Å²) in [5.74, 6) is 0.00595. The number of piperazine rings is 1. The van der Waals surface area contributed by atoms with Crippen LogP contribution in [0.3, 0.4) is 0 Å². The van der Waals surface area contributed by atoms with E-state index in [9.17, 15) is 9.59 Å². The van der Waals surface area contributed by atoms with Crippen LogP contribution in [0.2, 0.25) is 0 Å². The molecule has 1 aliphatic rings. The first kappa shape index (κ1) is 17.7. The van der Waals surface area contributed by atoms with Crippen molar-refractivity contribution >= 4 is 11.8 Å². The first-order valence-electron chi connectivity index (χ1n) is 7.33. The fourth-order valence-electron chi connectivity index (χ4n) is 1.97. The summed E-state index contributed by atoms with van der Waals surface area (Å²) in [6.07, 6.45) is 1.66. The number of carbonyl (C=O) groups excluding carboxylic acids is 2. The number of carbonyl (C=O) groups is 2. The van der Waals surface area contributed by atoms with Gasteiger partial charge in [-0.3, -0.25) is 14.5 Å². The molecule has 0 radical (unpaired) electrons. The lowest BCUT2D eigenvalue weighted by molar-refractivity contribution is -0.142. The van der Waals surface area contributed by atoms with Crippen molar-refractivity contribution in [2.45, 2.75) is 26.4 Å². The summed E-state index contributed by atoms with van der Waals surface area (Å²) < 4.78 is 5.50. The van der Waals surface area contributed by atoms with E-state index in [1.54, 1.807) is 11.0 Å². The number of ether oxygens (including phenoxy) is 1. The van der Waals surface area contributed by atoms with E-state index in [-0.39, 0.29) is 24.0 Å². The van der Waals surface area contributed by atoms with E-state index >= 15 is 0 Å². The Morgan fingerprint density at radius 3 is 2.38 bits per heavy atom. The summed E-state index contributed by atoms with van der Waals surface area (Å²) in [7, 11) is 0. The average Bonchev–Trinajstić information content (AvgIpc) is 2.42. The lowest BCUT2D eigenvalue weighted by Crippen LogP contribution is -2.52. The van der Waals surface area contributed by atoms with Crippen LogP contribution in [0.25, 0.3) is 0 Å². The van der Waals surface area contributed by atoms with Gasteiger partial charge in [-0.15, -0.1) is 6.58 Å². The molecule has 21 heavy (non-hydrogen) atoms. The molecule has 0 unspecified atom stereocenters. The fraction of sp³-hybridized carbons (Fsp3) is 0.733. The standard InChI is InChI=1S/C15H27N3O3/c1-5-6-16-13(19)11-17-7-9-18(10-8-17)14(20)12-21-15(2,3)4/h5H,1,6-12H2,2-4H3,(H,16,19). The maximum atomic E-state index is 12.0. The van der Waals surface area contributed by atoms with Crippen molar-refractivity contribution in [3.8, 4) is 0 Å². The second kappa shape index (κ2) is 8.14. The van der Waals surface area contributed by atoms with Crippen molar-refractivity contribution in [2.24, 2.45) is 0 Å². The second-order valence-corrected chi connectivity index (χ2v) is 6.15. The molecule has 0 aromatic rings. The molecule has 0 atom stereocenters. The third-order valence-corrected chi connectivity index (χ3v) is 3.16. The third kappa shape index (κ3) is 7.24. The summed E-state index contributed by atoms with van der Waals surface area (Å²) in [6.45, 7) is 13.0. The van der Waals surface area contributed by atoms with Crippen LogP contribution in [0.5, 0.6) is 0 Å². The van der Waals surface area contributed by atoms with Crippen LogP contribution in [0.15, 0.2) is 12.7 Å². The van der Waals surface area contributed by atoms with Gasteiger partial charge in [-0.05, 0) is 20.8 Å². The predicted molar refractivity (Wildman–Crippen MR) is 81.9 cm³/mol. The van der Waals surface area contributed by atoms with Gasteiger partial charge in [-0.25, -0.2) is 0 Å². The Hall–Kier alpha value is -1.40. The van der Waals surface area contributed by atoms with Crippen LogP contribution in [-0.4, -0.2) is 73.1 Å². The zero-order chi connectivity index (χ0) is 15.9. The molecule has 6 nitrogen and oxygen atoms in total. The molecule has 1 heterocycles. The van der Waals surface area contributed by atoms with E-state index < -0.39 is 0 Å². The highest BCUT2D eigenvalue weighted by atomic mass is 16.5. The summed E-state index contributed by atoms with van der Waals surface area (Å²) in [4.78, 5) is 27.4. The smallest absolute Gasteiger partial charge is 0.248 e. The van der Waals surface area contributed by atoms with E-state index in [1.165, 1.54) is 0 Å². The lowest BCUT2D eigenvalue weighted by Gasteiger charge is -2.34. The number of nitrogens with zero attached hydrogens (tertiary/aromatic N) is 2. The molecule has 120 valence electrons. The van der Waals surface area contributed by atoms with E-state index in [0.29, 0.717) is 39.3 Å². The van der Waals surface area contributed by atoms with Gasteiger partial charge in [-0.2, -0.15) is 0 Å². The number of amides is 2. The van der Waals surface area contributed by atoms with Crippen LogP contribution in [0.4, 0.5) is 0 Å². The number of hydrogen-bond acceptors (Lipinski definition) is 4. The molecule has 0 aliphatic carbocycles. The molecule has 1 aliphatic heterocycles. The molecule has 1 fully saturated rings. The Labute approximate surface area is 127 Å². The molecule has 0 bridgehead atoms. The van der Waals surface area contributed by atoms with Crippen molar-refractivity contribution in [1.82, 2.24) is 15.1 Å². The first-order chi connectivity index (χ1) is 9.81. The van der Waals surface area contributed by atoms with Crippen molar-refractivity contribution < 1.29 is 14.3 Å². The van der Waals surface area contributed by atoms with Gasteiger partial charge in [0.2, 0.25) is 11.8 Å². The first-order valence-corrected chi connectivity index (χ1v) is 7.33. The van der Waals surface area contributed by atoms with Gasteiger partial charge < -0.3 is 15.0 Å². The van der Waals surface area contributed by atoms with Crippen molar-refractivity contribution in [2.75, 3.05) is 45.9 Å². The Kier molecular flexibility index (Phi) is 6.84. The number of rotatable bonds is 6. The van der Waals surface area contributed by atoms with E-state index in [2.05, 4.69) is 11.9 Å². The van der Waals surface area contributed by atoms with Gasteiger partial charge in [0, 0.05) is 32.7 Å². The molecule has 1 rings (SSSR count). The largest absolute Gasteiger partial charge is 0.366 e. The Morgan fingerprint density at radius 1 is 1.24 bits per heavy atom. The molecule has 2 amide bonds. The zero-order valence-corrected chi connectivity index (χ0v) is 13.4. The predicted octanol–water partition coefficient (Wildman–Crippen LogP) is 0.248. The molecule has 0 aromatic carbocycles. The Bertz CT molecular complexity index is 369. The van der Waals surface area contributed by atoms with Gasteiger partial charge in [-0.1, -0.05) is 6.08 Å². The normalized spacial score (nSPS) is 16.6. The van der Waals surface area contributed by atoms with E-state index in [4.69, 9.17) is 4.74 Å². The van der Waals surface area contributed by atoms with Crippen molar-refractivity contribution in [3.63, 3.8) is 0 Å². The van der Waals surface area contributed by atoms with Gasteiger partial charge in [0.15, 0.2) is 0 Å². The van der Waals surface area contributed by atoms with Gasteiger partial charge in [0.05, 0.1) is 12.1 Å². The van der Waals surface area contributed by atoms with Crippen LogP contribution in [-0.2, 0) is 14.3 Å². The zero-order valence-electron chi connectivity index (χ0n) is 13.4. The van der Waals surface area contributed by atoms with Crippen LogP contribution in [0.1, 0.15) is 20.8 Å². The fourth-order valence-corrected chi connectivity index (χ4v) is 1.97. The lowest BCUT2D eigenvalue weighted by atomic mass is 10.2. The average molecular weight is 297 g/mol. The highest BCUT2D eigenvalue weighted by Gasteiger charge is 2.23. The molecule has 0 spiro atoms. The van der Waals surface area contributed by atoms with Gasteiger partial charge >= 0.3 is 0 Å². The summed E-state index contributed by atoms with van der Waals surface area (Å²) in [5, 5.41) is 2.75. The maximum absolute atomic E-state index is 12.0. The highest BCUT2D eigenvalue weighted by Crippen LogP contribution is 2.08. The van der Waals surface area contributed by atoms with Gasteiger partial charge in [0.25, 0.3) is 0 Å². The molecule has 1 saturated heterocycles. The summed E-state index contributed by atoms with van der Waals surface area (Å²) >= 11 is 0. The molecule has 6 heteroatoms. The molecular weight excluding hydrogens is 270 g/mol. The summed E-state index contributed by atoms with van der Waals surface area (Å²) in [5.41, 5.74) is -0.305. The minimum absolute atomic E-state index is 0.00857. The van der Waals surface area contributed by atoms with Gasteiger partial charge in [0.1, 0.15) is 6.61 Å². The second-order valence-electron chi connectivity index (χ2n) is 6.15. The van der Waals surface area contributed by atoms with Crippen LogP contribution in [0, 0.1) is 0 Å². The Balaban J connectivity index is 2.26. The van der Waals surface area contributed by atoms with Crippen LogP contribution < -0.4 is 5.32 Å². The Morgan fingerprint density at radius 2 is 1.86 bits per heavy atom. The monoisotopic (exact) mass is 297 g/mol. The SMILES string of the molecule is C=CCNC(=O)CN1CCN(C(=O)COC(C)(C)C)CC1. The maximum Gasteiger partial charge on any atom is 0.248 e. The summed E-state index contributed by atoms with van der Waals surface area (Å²) in [6, 6.07) is 0. The van der Waals surface area contributed by atoms with Crippen molar-refractivity contribution in [1.29, 1.82) is 0 Å². The molecule has 1 N–H and O–H groups in total. The molecule has 0 saturated carbocycles. The minimum atomic E-state index is -0.305. The number of hydrogen-bond donors (Lipinski definition) is 1. The minimum Gasteiger partial charge on any atom is -0.366 e. The topological polar surface area (TPSA) is 61.9 Å². The van der Waals surface area contributed by atoms with Crippen LogP contribution >= 0.6 is 0 Å². The third-order valence-electron chi connectivity index (χ3n) is 3.16. The molecule has 0 aromatic heterocycles. The van der Waals surface area contributed by atoms with E-state index in [0.717, 1.165) is 0 Å². The quantitative estimate of drug-likeness (QED) is 0.714.